The van der Waals surface area contributed by atoms with Gasteiger partial charge in [-0.25, -0.2) is 4.99 Å². The Morgan fingerprint density at radius 1 is 1.12 bits per heavy atom. The van der Waals surface area contributed by atoms with Crippen LogP contribution in [0.25, 0.3) is 11.3 Å². The lowest BCUT2D eigenvalue weighted by atomic mass is 10.2. The van der Waals surface area contributed by atoms with E-state index in [0.29, 0.717) is 16.7 Å². The van der Waals surface area contributed by atoms with Gasteiger partial charge in [0.15, 0.2) is 4.80 Å². The largest absolute Gasteiger partial charge is 0.494 e. The Kier molecular flexibility index (Phi) is 6.96. The number of ether oxygens (including phenoxy) is 1. The molecule has 0 aliphatic carbocycles. The molecule has 132 valence electrons. The molecular formula is C18H17Cl3N2OS. The molecule has 1 heterocycles. The van der Waals surface area contributed by atoms with Gasteiger partial charge in [-0.05, 0) is 49.4 Å². The maximum atomic E-state index is 6.31. The molecule has 0 unspecified atom stereocenters. The second kappa shape index (κ2) is 8.77. The average molecular weight is 416 g/mol. The molecule has 0 fully saturated rings. The summed E-state index contributed by atoms with van der Waals surface area (Å²) in [7, 11) is 1.98. The number of halogens is 3. The molecule has 0 N–H and O–H groups in total. The van der Waals surface area contributed by atoms with Crippen LogP contribution >= 0.6 is 46.9 Å². The van der Waals surface area contributed by atoms with E-state index in [1.54, 1.807) is 17.4 Å². The van der Waals surface area contributed by atoms with Crippen LogP contribution in [0.4, 0.5) is 5.69 Å². The Morgan fingerprint density at radius 2 is 1.84 bits per heavy atom. The van der Waals surface area contributed by atoms with E-state index >= 15 is 0 Å². The summed E-state index contributed by atoms with van der Waals surface area (Å²) in [6.45, 7) is 2.62. The number of benzene rings is 2. The average Bonchev–Trinajstić information content (AvgIpc) is 2.91. The van der Waals surface area contributed by atoms with Gasteiger partial charge in [0.1, 0.15) is 5.75 Å². The van der Waals surface area contributed by atoms with E-state index in [0.717, 1.165) is 27.5 Å². The first-order valence-corrected chi connectivity index (χ1v) is 9.09. The second-order valence-corrected chi connectivity index (χ2v) is 6.81. The maximum absolute atomic E-state index is 6.31. The summed E-state index contributed by atoms with van der Waals surface area (Å²) in [6, 6.07) is 13.2. The van der Waals surface area contributed by atoms with Gasteiger partial charge in [-0.2, -0.15) is 0 Å². The van der Waals surface area contributed by atoms with Crippen LogP contribution in [0.5, 0.6) is 5.75 Å². The minimum atomic E-state index is 0. The quantitative estimate of drug-likeness (QED) is 0.504. The molecular weight excluding hydrogens is 399 g/mol. The number of thiazole rings is 1. The molecule has 0 aliphatic rings. The van der Waals surface area contributed by atoms with E-state index in [9.17, 15) is 0 Å². The van der Waals surface area contributed by atoms with Crippen LogP contribution in [0, 0.1) is 0 Å². The number of nitrogens with zero attached hydrogens (tertiary/aromatic N) is 2. The first-order chi connectivity index (χ1) is 11.6. The molecule has 0 bridgehead atoms. The van der Waals surface area contributed by atoms with Crippen molar-refractivity contribution >= 4 is 52.6 Å². The van der Waals surface area contributed by atoms with Gasteiger partial charge in [0.2, 0.25) is 0 Å². The van der Waals surface area contributed by atoms with Crippen LogP contribution in [-0.4, -0.2) is 11.2 Å². The van der Waals surface area contributed by atoms with Crippen molar-refractivity contribution in [2.24, 2.45) is 12.0 Å². The van der Waals surface area contributed by atoms with Gasteiger partial charge in [-0.1, -0.05) is 23.2 Å². The lowest BCUT2D eigenvalue weighted by molar-refractivity contribution is 0.340. The van der Waals surface area contributed by atoms with Crippen LogP contribution in [-0.2, 0) is 7.05 Å². The van der Waals surface area contributed by atoms with E-state index in [2.05, 4.69) is 0 Å². The molecule has 25 heavy (non-hydrogen) atoms. The van der Waals surface area contributed by atoms with Gasteiger partial charge < -0.3 is 9.30 Å². The van der Waals surface area contributed by atoms with Crippen molar-refractivity contribution in [3.8, 4) is 17.0 Å². The molecule has 0 atom stereocenters. The zero-order chi connectivity index (χ0) is 17.1. The van der Waals surface area contributed by atoms with Crippen molar-refractivity contribution in [2.75, 3.05) is 6.61 Å². The van der Waals surface area contributed by atoms with Gasteiger partial charge in [-0.3, -0.25) is 0 Å². The van der Waals surface area contributed by atoms with Gasteiger partial charge in [-0.15, -0.1) is 23.7 Å². The molecule has 3 nitrogen and oxygen atoms in total. The molecule has 0 saturated carbocycles. The second-order valence-electron chi connectivity index (χ2n) is 5.13. The first kappa shape index (κ1) is 19.9. The molecule has 2 aromatic carbocycles. The third-order valence-electron chi connectivity index (χ3n) is 3.50. The monoisotopic (exact) mass is 414 g/mol. The summed E-state index contributed by atoms with van der Waals surface area (Å²) in [6.07, 6.45) is 0. The molecule has 0 aliphatic heterocycles. The van der Waals surface area contributed by atoms with Gasteiger partial charge in [0, 0.05) is 23.0 Å². The van der Waals surface area contributed by atoms with Crippen molar-refractivity contribution in [2.45, 2.75) is 6.92 Å². The highest BCUT2D eigenvalue weighted by Crippen LogP contribution is 2.30. The summed E-state index contributed by atoms with van der Waals surface area (Å²) in [5.41, 5.74) is 2.82. The van der Waals surface area contributed by atoms with E-state index in [-0.39, 0.29) is 12.4 Å². The van der Waals surface area contributed by atoms with Crippen LogP contribution < -0.4 is 9.54 Å². The minimum absolute atomic E-state index is 0. The topological polar surface area (TPSA) is 26.5 Å². The molecule has 3 rings (SSSR count). The highest BCUT2D eigenvalue weighted by molar-refractivity contribution is 7.07. The SMILES string of the molecule is CCOc1ccc(N=c2scc(-c3ccc(Cl)cc3Cl)n2C)cc1.Cl. The van der Waals surface area contributed by atoms with Crippen molar-refractivity contribution in [3.05, 3.63) is 62.7 Å². The zero-order valence-electron chi connectivity index (χ0n) is 13.7. The summed E-state index contributed by atoms with van der Waals surface area (Å²) in [5.74, 6) is 0.848. The summed E-state index contributed by atoms with van der Waals surface area (Å²) in [4.78, 5) is 5.58. The van der Waals surface area contributed by atoms with Crippen LogP contribution in [0.1, 0.15) is 6.92 Å². The Labute approximate surface area is 166 Å². The normalized spacial score (nSPS) is 11.3. The van der Waals surface area contributed by atoms with Crippen LogP contribution in [0.15, 0.2) is 52.8 Å². The highest BCUT2D eigenvalue weighted by Gasteiger charge is 2.09. The predicted octanol–water partition coefficient (Wildman–Crippen LogP) is 6.11. The number of aromatic nitrogens is 1. The minimum Gasteiger partial charge on any atom is -0.494 e. The van der Waals surface area contributed by atoms with E-state index in [1.807, 2.05) is 60.3 Å². The van der Waals surface area contributed by atoms with Crippen molar-refractivity contribution in [3.63, 3.8) is 0 Å². The van der Waals surface area contributed by atoms with E-state index in [1.165, 1.54) is 0 Å². The van der Waals surface area contributed by atoms with Gasteiger partial charge >= 0.3 is 0 Å². The molecule has 0 saturated heterocycles. The van der Waals surface area contributed by atoms with Crippen molar-refractivity contribution in [1.82, 2.24) is 4.57 Å². The predicted molar refractivity (Wildman–Crippen MR) is 109 cm³/mol. The summed E-state index contributed by atoms with van der Waals surface area (Å²) >= 11 is 13.9. The van der Waals surface area contributed by atoms with Gasteiger partial charge in [0.05, 0.1) is 23.0 Å². The Morgan fingerprint density at radius 3 is 2.48 bits per heavy atom. The molecule has 0 radical (unpaired) electrons. The fourth-order valence-corrected chi connectivity index (χ4v) is 3.73. The van der Waals surface area contributed by atoms with Crippen LogP contribution in [0.3, 0.4) is 0 Å². The Bertz CT molecular complexity index is 917. The van der Waals surface area contributed by atoms with Gasteiger partial charge in [0.25, 0.3) is 0 Å². The maximum Gasteiger partial charge on any atom is 0.190 e. The fraction of sp³-hybridized carbons (Fsp3) is 0.167. The summed E-state index contributed by atoms with van der Waals surface area (Å²) in [5, 5.41) is 3.30. The third-order valence-corrected chi connectivity index (χ3v) is 4.97. The van der Waals surface area contributed by atoms with Crippen LogP contribution in [0.2, 0.25) is 10.0 Å². The molecule has 0 amide bonds. The third kappa shape index (κ3) is 4.59. The first-order valence-electron chi connectivity index (χ1n) is 7.46. The lowest BCUT2D eigenvalue weighted by Crippen LogP contribution is -2.10. The number of rotatable bonds is 4. The van der Waals surface area contributed by atoms with Crippen molar-refractivity contribution in [1.29, 1.82) is 0 Å². The number of hydrogen-bond donors (Lipinski definition) is 0. The molecule has 0 spiro atoms. The Hall–Kier alpha value is -1.46. The highest BCUT2D eigenvalue weighted by atomic mass is 35.5. The van der Waals surface area contributed by atoms with Crippen molar-refractivity contribution < 1.29 is 4.74 Å². The lowest BCUT2D eigenvalue weighted by Gasteiger charge is -2.06. The smallest absolute Gasteiger partial charge is 0.190 e. The molecule has 7 heteroatoms. The van der Waals surface area contributed by atoms with E-state index < -0.39 is 0 Å². The zero-order valence-corrected chi connectivity index (χ0v) is 16.8. The number of hydrogen-bond acceptors (Lipinski definition) is 3. The molecule has 1 aromatic heterocycles. The van der Waals surface area contributed by atoms with E-state index in [4.69, 9.17) is 32.9 Å². The molecule has 3 aromatic rings. The summed E-state index contributed by atoms with van der Waals surface area (Å²) < 4.78 is 7.47. The standard InChI is InChI=1S/C18H16Cl2N2OS.ClH/c1-3-23-14-7-5-13(6-8-14)21-18-22(2)17(11-24-18)15-9-4-12(19)10-16(15)20;/h4-11H,3H2,1-2H3;1H. The fourth-order valence-electron chi connectivity index (χ4n) is 2.31. The Balaban J connectivity index is 0.00000225.